The number of aromatic nitrogens is 2. The van der Waals surface area contributed by atoms with Gasteiger partial charge in [-0.1, -0.05) is 23.4 Å². The quantitative estimate of drug-likeness (QED) is 0.546. The van der Waals surface area contributed by atoms with Crippen molar-refractivity contribution in [2.45, 2.75) is 20.2 Å². The third kappa shape index (κ3) is 2.46. The zero-order valence-corrected chi connectivity index (χ0v) is 15.9. The molecule has 2 aromatic heterocycles. The number of hydrogen-bond donors (Lipinski definition) is 2. The number of para-hydroxylation sites is 1. The highest BCUT2D eigenvalue weighted by Gasteiger charge is 2.29. The van der Waals surface area contributed by atoms with Crippen LogP contribution in [0.1, 0.15) is 11.5 Å². The van der Waals surface area contributed by atoms with Crippen molar-refractivity contribution in [2.75, 3.05) is 17.3 Å². The van der Waals surface area contributed by atoms with Gasteiger partial charge in [0.05, 0.1) is 22.6 Å². The minimum absolute atomic E-state index is 0.770. The van der Waals surface area contributed by atoms with Crippen LogP contribution in [-0.4, -0.2) is 28.6 Å². The Hall–Kier alpha value is -3.38. The standard InChI is InChI=1S/C22H20N4O2/c1-12-20(13(2)28-25-12)15-9-17(21-19(10-15)24-22(27)26(21)3)16-8-14-6-4-5-7-18(14)23-11-16/h4-11,22,24,27H,1-3H3. The van der Waals surface area contributed by atoms with E-state index in [0.29, 0.717) is 0 Å². The Balaban J connectivity index is 1.78. The molecule has 6 nitrogen and oxygen atoms in total. The number of aryl methyl sites for hydroxylation is 2. The van der Waals surface area contributed by atoms with E-state index in [4.69, 9.17) is 4.52 Å². The van der Waals surface area contributed by atoms with Gasteiger partial charge in [-0.05, 0) is 43.7 Å². The molecular formula is C22H20N4O2. The largest absolute Gasteiger partial charge is 0.361 e. The second kappa shape index (κ2) is 6.07. The average Bonchev–Trinajstić information content (AvgIpc) is 3.18. The van der Waals surface area contributed by atoms with Crippen molar-refractivity contribution >= 4 is 22.3 Å². The van der Waals surface area contributed by atoms with E-state index in [9.17, 15) is 5.11 Å². The van der Waals surface area contributed by atoms with Crippen LogP contribution in [0.2, 0.25) is 0 Å². The summed E-state index contributed by atoms with van der Waals surface area (Å²) in [6, 6.07) is 14.3. The van der Waals surface area contributed by atoms with E-state index < -0.39 is 6.35 Å². The molecule has 6 heteroatoms. The van der Waals surface area contributed by atoms with Crippen molar-refractivity contribution in [2.24, 2.45) is 0 Å². The van der Waals surface area contributed by atoms with Crippen molar-refractivity contribution < 1.29 is 9.63 Å². The van der Waals surface area contributed by atoms with Crippen LogP contribution in [0.15, 0.2) is 53.2 Å². The lowest BCUT2D eigenvalue weighted by Gasteiger charge is -2.19. The van der Waals surface area contributed by atoms with E-state index in [1.807, 2.05) is 56.3 Å². The summed E-state index contributed by atoms with van der Waals surface area (Å²) in [6.07, 6.45) is 1.11. The first-order valence-corrected chi connectivity index (χ1v) is 9.17. The lowest BCUT2D eigenvalue weighted by atomic mass is 9.95. The smallest absolute Gasteiger partial charge is 0.205 e. The highest BCUT2D eigenvalue weighted by atomic mass is 16.5. The molecule has 2 aromatic carbocycles. The molecule has 1 aliphatic heterocycles. The normalized spacial score (nSPS) is 15.7. The molecule has 0 radical (unpaired) electrons. The fourth-order valence-corrected chi connectivity index (χ4v) is 3.96. The third-order valence-corrected chi connectivity index (χ3v) is 5.34. The van der Waals surface area contributed by atoms with E-state index in [2.05, 4.69) is 33.7 Å². The maximum Gasteiger partial charge on any atom is 0.205 e. The molecule has 140 valence electrons. The van der Waals surface area contributed by atoms with Crippen LogP contribution < -0.4 is 10.2 Å². The molecule has 0 aliphatic carbocycles. The van der Waals surface area contributed by atoms with Gasteiger partial charge in [0.25, 0.3) is 0 Å². The van der Waals surface area contributed by atoms with Crippen molar-refractivity contribution in [1.29, 1.82) is 0 Å². The molecule has 0 fully saturated rings. The summed E-state index contributed by atoms with van der Waals surface area (Å²) in [6.45, 7) is 3.85. The molecule has 28 heavy (non-hydrogen) atoms. The fraction of sp³-hybridized carbons (Fsp3) is 0.182. The van der Waals surface area contributed by atoms with E-state index >= 15 is 0 Å². The molecule has 1 unspecified atom stereocenters. The van der Waals surface area contributed by atoms with Gasteiger partial charge in [0, 0.05) is 35.3 Å². The van der Waals surface area contributed by atoms with Gasteiger partial charge in [-0.2, -0.15) is 0 Å². The van der Waals surface area contributed by atoms with Crippen molar-refractivity contribution in [1.82, 2.24) is 10.1 Å². The van der Waals surface area contributed by atoms with Crippen LogP contribution >= 0.6 is 0 Å². The van der Waals surface area contributed by atoms with Gasteiger partial charge in [-0.25, -0.2) is 0 Å². The number of nitrogens with zero attached hydrogens (tertiary/aromatic N) is 3. The number of anilines is 2. The lowest BCUT2D eigenvalue weighted by molar-refractivity contribution is 0.210. The minimum Gasteiger partial charge on any atom is -0.361 e. The number of hydrogen-bond acceptors (Lipinski definition) is 6. The summed E-state index contributed by atoms with van der Waals surface area (Å²) in [5.41, 5.74) is 7.57. The Morgan fingerprint density at radius 1 is 1.11 bits per heavy atom. The van der Waals surface area contributed by atoms with Crippen LogP contribution in [0.4, 0.5) is 11.4 Å². The fourth-order valence-electron chi connectivity index (χ4n) is 3.96. The minimum atomic E-state index is -0.776. The maximum absolute atomic E-state index is 10.4. The van der Waals surface area contributed by atoms with Crippen molar-refractivity contribution in [3.05, 3.63) is 60.1 Å². The number of aliphatic hydroxyl groups is 1. The summed E-state index contributed by atoms with van der Waals surface area (Å²) < 4.78 is 5.37. The van der Waals surface area contributed by atoms with Gasteiger partial charge in [-0.15, -0.1) is 0 Å². The van der Waals surface area contributed by atoms with Gasteiger partial charge < -0.3 is 19.8 Å². The first-order chi connectivity index (χ1) is 13.5. The second-order valence-corrected chi connectivity index (χ2v) is 7.16. The molecule has 1 aliphatic rings. The van der Waals surface area contributed by atoms with Crippen LogP contribution in [0.3, 0.4) is 0 Å². The molecule has 0 bridgehead atoms. The average molecular weight is 372 g/mol. The highest BCUT2D eigenvalue weighted by Crippen LogP contribution is 2.45. The van der Waals surface area contributed by atoms with Crippen LogP contribution in [0.5, 0.6) is 0 Å². The Morgan fingerprint density at radius 2 is 1.93 bits per heavy atom. The summed E-state index contributed by atoms with van der Waals surface area (Å²) in [5, 5.41) is 18.7. The van der Waals surface area contributed by atoms with Crippen molar-refractivity contribution in [3.63, 3.8) is 0 Å². The molecular weight excluding hydrogens is 352 g/mol. The lowest BCUT2D eigenvalue weighted by Crippen LogP contribution is -2.31. The molecule has 5 rings (SSSR count). The van der Waals surface area contributed by atoms with Crippen LogP contribution in [0, 0.1) is 13.8 Å². The Bertz CT molecular complexity index is 1200. The number of fused-ring (bicyclic) bond motifs is 2. The highest BCUT2D eigenvalue weighted by molar-refractivity contribution is 5.96. The van der Waals surface area contributed by atoms with Crippen LogP contribution in [-0.2, 0) is 0 Å². The maximum atomic E-state index is 10.4. The van der Waals surface area contributed by atoms with Gasteiger partial charge in [0.2, 0.25) is 6.35 Å². The molecule has 0 saturated heterocycles. The Kier molecular flexibility index (Phi) is 3.64. The Labute approximate surface area is 162 Å². The van der Waals surface area contributed by atoms with E-state index in [0.717, 1.165) is 56.0 Å². The summed E-state index contributed by atoms with van der Waals surface area (Å²) >= 11 is 0. The second-order valence-electron chi connectivity index (χ2n) is 7.16. The monoisotopic (exact) mass is 372 g/mol. The summed E-state index contributed by atoms with van der Waals surface area (Å²) in [7, 11) is 1.87. The molecule has 2 N–H and O–H groups in total. The SMILES string of the molecule is Cc1noc(C)c1-c1cc2c(c(-c3cnc4ccccc4c3)c1)N(C)C(O)N2. The predicted octanol–water partition coefficient (Wildman–Crippen LogP) is 4.31. The van der Waals surface area contributed by atoms with Gasteiger partial charge >= 0.3 is 0 Å². The number of nitrogens with one attached hydrogen (secondary N) is 1. The molecule has 3 heterocycles. The first-order valence-electron chi connectivity index (χ1n) is 9.17. The predicted molar refractivity (Wildman–Crippen MR) is 110 cm³/mol. The zero-order chi connectivity index (χ0) is 19.4. The number of pyridine rings is 1. The van der Waals surface area contributed by atoms with Gasteiger partial charge in [0.1, 0.15) is 5.76 Å². The molecule has 0 amide bonds. The van der Waals surface area contributed by atoms with E-state index in [1.54, 1.807) is 0 Å². The first kappa shape index (κ1) is 16.8. The molecule has 1 atom stereocenters. The van der Waals surface area contributed by atoms with Gasteiger partial charge in [-0.3, -0.25) is 4.98 Å². The van der Waals surface area contributed by atoms with Crippen LogP contribution in [0.25, 0.3) is 33.2 Å². The van der Waals surface area contributed by atoms with Gasteiger partial charge in [0.15, 0.2) is 0 Å². The number of benzene rings is 2. The van der Waals surface area contributed by atoms with E-state index in [1.165, 1.54) is 0 Å². The Morgan fingerprint density at radius 3 is 2.71 bits per heavy atom. The topological polar surface area (TPSA) is 74.4 Å². The number of aliphatic hydroxyl groups excluding tert-OH is 1. The molecule has 0 spiro atoms. The molecule has 0 saturated carbocycles. The summed E-state index contributed by atoms with van der Waals surface area (Å²) in [4.78, 5) is 6.45. The van der Waals surface area contributed by atoms with E-state index in [-0.39, 0.29) is 0 Å². The molecule has 4 aromatic rings. The summed E-state index contributed by atoms with van der Waals surface area (Å²) in [5.74, 6) is 0.770. The third-order valence-electron chi connectivity index (χ3n) is 5.34. The van der Waals surface area contributed by atoms with Crippen molar-refractivity contribution in [3.8, 4) is 22.3 Å². The zero-order valence-electron chi connectivity index (χ0n) is 15.9. The number of rotatable bonds is 2.